The number of halogens is 1. The summed E-state index contributed by atoms with van der Waals surface area (Å²) in [6.45, 7) is 4.62. The van der Waals surface area contributed by atoms with Crippen LogP contribution in [-0.2, 0) is 4.79 Å². The van der Waals surface area contributed by atoms with Crippen LogP contribution in [0.1, 0.15) is 18.1 Å². The van der Waals surface area contributed by atoms with E-state index in [0.29, 0.717) is 11.6 Å². The molecule has 0 aliphatic heterocycles. The van der Waals surface area contributed by atoms with Gasteiger partial charge in [0, 0.05) is 10.7 Å². The summed E-state index contributed by atoms with van der Waals surface area (Å²) in [6, 6.07) is 12.9. The first-order valence-electron chi connectivity index (χ1n) is 7.63. The van der Waals surface area contributed by atoms with Gasteiger partial charge >= 0.3 is 0 Å². The lowest BCUT2D eigenvalue weighted by Crippen LogP contribution is -2.26. The summed E-state index contributed by atoms with van der Waals surface area (Å²) in [5, 5.41) is 7.66. The lowest BCUT2D eigenvalue weighted by atomic mass is 10.2. The Bertz CT molecular complexity index is 715. The Hall–Kier alpha value is -2.53. The normalized spacial score (nSPS) is 10.6. The van der Waals surface area contributed by atoms with E-state index in [9.17, 15) is 4.79 Å². The van der Waals surface area contributed by atoms with Crippen LogP contribution in [0.25, 0.3) is 0 Å². The molecule has 0 radical (unpaired) electrons. The Morgan fingerprint density at radius 1 is 1.25 bits per heavy atom. The highest BCUT2D eigenvalue weighted by atomic mass is 35.5. The first-order chi connectivity index (χ1) is 11.6. The fourth-order valence-electron chi connectivity index (χ4n) is 2.04. The predicted molar refractivity (Wildman–Crippen MR) is 98.0 cm³/mol. The van der Waals surface area contributed by atoms with E-state index in [1.165, 1.54) is 0 Å². The van der Waals surface area contributed by atoms with Crippen LogP contribution in [0.2, 0.25) is 5.02 Å². The summed E-state index contributed by atoms with van der Waals surface area (Å²) >= 11 is 5.90. The third kappa shape index (κ3) is 5.59. The number of rotatable bonds is 7. The molecule has 0 saturated heterocycles. The first kappa shape index (κ1) is 17.8. The molecule has 2 N–H and O–H groups in total. The number of hydrogen-bond donors (Lipinski definition) is 2. The zero-order chi connectivity index (χ0) is 17.4. The number of nitrogens with one attached hydrogen (secondary N) is 2. The number of carbonyl (C=O) groups excluding carboxylic acids is 1. The average Bonchev–Trinajstić information content (AvgIpc) is 2.56. The number of hydrazone groups is 1. The minimum atomic E-state index is -0.230. The van der Waals surface area contributed by atoms with Crippen molar-refractivity contribution in [3.63, 3.8) is 0 Å². The Labute approximate surface area is 146 Å². The van der Waals surface area contributed by atoms with Gasteiger partial charge in [0.1, 0.15) is 5.75 Å². The van der Waals surface area contributed by atoms with Gasteiger partial charge < -0.3 is 10.1 Å². The van der Waals surface area contributed by atoms with Crippen LogP contribution in [0.5, 0.6) is 5.75 Å². The molecule has 0 bridgehead atoms. The van der Waals surface area contributed by atoms with Crippen molar-refractivity contribution in [2.24, 2.45) is 5.10 Å². The molecule has 1 amide bonds. The summed E-state index contributed by atoms with van der Waals surface area (Å²) in [6.07, 6.45) is 1.58. The topological polar surface area (TPSA) is 62.7 Å². The fraction of sp³-hybridized carbons (Fsp3) is 0.222. The minimum Gasteiger partial charge on any atom is -0.494 e. The van der Waals surface area contributed by atoms with Crippen LogP contribution in [-0.4, -0.2) is 25.3 Å². The second-order valence-corrected chi connectivity index (χ2v) is 5.54. The van der Waals surface area contributed by atoms with Gasteiger partial charge in [0.05, 0.1) is 19.4 Å². The minimum absolute atomic E-state index is 0.128. The first-order valence-corrected chi connectivity index (χ1v) is 8.01. The average molecular weight is 346 g/mol. The number of anilines is 1. The molecule has 0 aromatic heterocycles. The second kappa shape index (κ2) is 8.93. The Kier molecular flexibility index (Phi) is 6.63. The number of benzene rings is 2. The molecule has 2 rings (SSSR count). The maximum atomic E-state index is 11.8. The number of amides is 1. The van der Waals surface area contributed by atoms with E-state index in [4.69, 9.17) is 16.3 Å². The number of nitrogens with zero attached hydrogens (tertiary/aromatic N) is 1. The highest BCUT2D eigenvalue weighted by Crippen LogP contribution is 2.19. The summed E-state index contributed by atoms with van der Waals surface area (Å²) in [7, 11) is 0. The summed E-state index contributed by atoms with van der Waals surface area (Å²) in [5.74, 6) is 0.577. The van der Waals surface area contributed by atoms with Crippen molar-refractivity contribution < 1.29 is 9.53 Å². The highest BCUT2D eigenvalue weighted by Gasteiger charge is 2.02. The molecule has 5 nitrogen and oxygen atoms in total. The zero-order valence-corrected chi connectivity index (χ0v) is 14.4. The Morgan fingerprint density at radius 2 is 2.00 bits per heavy atom. The SMILES string of the molecule is CCOc1ccc(C=NNC(=O)CNc2ccc(Cl)cc2C)cc1. The van der Waals surface area contributed by atoms with Crippen molar-refractivity contribution in [3.05, 3.63) is 58.6 Å². The number of carbonyl (C=O) groups is 1. The molecule has 24 heavy (non-hydrogen) atoms. The van der Waals surface area contributed by atoms with E-state index in [1.54, 1.807) is 12.3 Å². The molecule has 0 saturated carbocycles. The standard InChI is InChI=1S/C18H20ClN3O2/c1-3-24-16-7-4-14(5-8-16)11-21-22-18(23)12-20-17-9-6-15(19)10-13(17)2/h4-11,20H,3,12H2,1-2H3,(H,22,23). The van der Waals surface area contributed by atoms with E-state index < -0.39 is 0 Å². The van der Waals surface area contributed by atoms with Gasteiger partial charge in [-0.2, -0.15) is 5.10 Å². The molecule has 0 heterocycles. The maximum Gasteiger partial charge on any atom is 0.259 e. The quantitative estimate of drug-likeness (QED) is 0.595. The van der Waals surface area contributed by atoms with Crippen molar-refractivity contribution in [2.75, 3.05) is 18.5 Å². The maximum absolute atomic E-state index is 11.8. The van der Waals surface area contributed by atoms with Gasteiger partial charge in [-0.15, -0.1) is 0 Å². The molecule has 126 valence electrons. The van der Waals surface area contributed by atoms with Gasteiger partial charge in [-0.25, -0.2) is 5.43 Å². The third-order valence-electron chi connectivity index (χ3n) is 3.22. The molecule has 0 atom stereocenters. The lowest BCUT2D eigenvalue weighted by molar-refractivity contribution is -0.119. The fourth-order valence-corrected chi connectivity index (χ4v) is 2.26. The van der Waals surface area contributed by atoms with Gasteiger partial charge in [0.15, 0.2) is 0 Å². The van der Waals surface area contributed by atoms with Crippen LogP contribution in [0, 0.1) is 6.92 Å². The highest BCUT2D eigenvalue weighted by molar-refractivity contribution is 6.30. The lowest BCUT2D eigenvalue weighted by Gasteiger charge is -2.08. The molecule has 0 fully saturated rings. The molecular formula is C18H20ClN3O2. The molecule has 6 heteroatoms. The monoisotopic (exact) mass is 345 g/mol. The van der Waals surface area contributed by atoms with Gasteiger partial charge in [-0.1, -0.05) is 11.6 Å². The molecular weight excluding hydrogens is 326 g/mol. The van der Waals surface area contributed by atoms with Crippen LogP contribution in [0.15, 0.2) is 47.6 Å². The van der Waals surface area contributed by atoms with Crippen molar-refractivity contribution in [1.29, 1.82) is 0 Å². The van der Waals surface area contributed by atoms with E-state index in [0.717, 1.165) is 22.6 Å². The van der Waals surface area contributed by atoms with E-state index in [-0.39, 0.29) is 12.5 Å². The molecule has 2 aromatic rings. The predicted octanol–water partition coefficient (Wildman–Crippen LogP) is 3.61. The zero-order valence-electron chi connectivity index (χ0n) is 13.7. The van der Waals surface area contributed by atoms with Crippen molar-refractivity contribution in [1.82, 2.24) is 5.43 Å². The van der Waals surface area contributed by atoms with Crippen LogP contribution in [0.4, 0.5) is 5.69 Å². The smallest absolute Gasteiger partial charge is 0.259 e. The summed E-state index contributed by atoms with van der Waals surface area (Å²) in [5.41, 5.74) is 5.20. The molecule has 0 spiro atoms. The van der Waals surface area contributed by atoms with Gasteiger partial charge in [0.2, 0.25) is 0 Å². The van der Waals surface area contributed by atoms with Crippen LogP contribution >= 0.6 is 11.6 Å². The van der Waals surface area contributed by atoms with Crippen molar-refractivity contribution in [3.8, 4) is 5.75 Å². The van der Waals surface area contributed by atoms with Crippen LogP contribution in [0.3, 0.4) is 0 Å². The van der Waals surface area contributed by atoms with Crippen molar-refractivity contribution in [2.45, 2.75) is 13.8 Å². The summed E-state index contributed by atoms with van der Waals surface area (Å²) in [4.78, 5) is 11.8. The molecule has 0 aliphatic carbocycles. The second-order valence-electron chi connectivity index (χ2n) is 5.11. The number of hydrogen-bond acceptors (Lipinski definition) is 4. The van der Waals surface area contributed by atoms with E-state index in [1.807, 2.05) is 50.2 Å². The van der Waals surface area contributed by atoms with Gasteiger partial charge in [0.25, 0.3) is 5.91 Å². The summed E-state index contributed by atoms with van der Waals surface area (Å²) < 4.78 is 5.36. The van der Waals surface area contributed by atoms with Crippen molar-refractivity contribution >= 4 is 29.4 Å². The molecule has 2 aromatic carbocycles. The number of aryl methyl sites for hydroxylation is 1. The molecule has 0 aliphatic rings. The molecule has 0 unspecified atom stereocenters. The Morgan fingerprint density at radius 3 is 2.67 bits per heavy atom. The number of ether oxygens (including phenoxy) is 1. The third-order valence-corrected chi connectivity index (χ3v) is 3.46. The van der Waals surface area contributed by atoms with E-state index in [2.05, 4.69) is 15.8 Å². The van der Waals surface area contributed by atoms with E-state index >= 15 is 0 Å². The Balaban J connectivity index is 1.80. The van der Waals surface area contributed by atoms with Crippen LogP contribution < -0.4 is 15.5 Å². The largest absolute Gasteiger partial charge is 0.494 e. The van der Waals surface area contributed by atoms with Gasteiger partial charge in [-0.05, 0) is 67.4 Å². The van der Waals surface area contributed by atoms with Gasteiger partial charge in [-0.3, -0.25) is 4.79 Å².